The summed E-state index contributed by atoms with van der Waals surface area (Å²) in [4.78, 5) is 8.50. The van der Waals surface area contributed by atoms with Crippen LogP contribution in [0.5, 0.6) is 0 Å². The lowest BCUT2D eigenvalue weighted by Crippen LogP contribution is -2.20. The standard InChI is InChI=1S/C13H18N4O/c1-18-7-6-14-8-13-9-15-11-17(13)10-12-4-2-3-5-16-12/h2-5,9,11,14H,6-8,10H2,1H3. The molecule has 5 heteroatoms. The molecule has 5 nitrogen and oxygen atoms in total. The monoisotopic (exact) mass is 246 g/mol. The van der Waals surface area contributed by atoms with Crippen molar-refractivity contribution in [2.75, 3.05) is 20.3 Å². The molecule has 0 saturated heterocycles. The fourth-order valence-electron chi connectivity index (χ4n) is 1.69. The number of nitrogens with zero attached hydrogens (tertiary/aromatic N) is 3. The summed E-state index contributed by atoms with van der Waals surface area (Å²) < 4.78 is 7.09. The summed E-state index contributed by atoms with van der Waals surface area (Å²) in [7, 11) is 1.70. The van der Waals surface area contributed by atoms with Gasteiger partial charge in [0.05, 0.1) is 30.9 Å². The molecule has 2 heterocycles. The van der Waals surface area contributed by atoms with E-state index in [0.717, 1.165) is 31.0 Å². The van der Waals surface area contributed by atoms with Gasteiger partial charge >= 0.3 is 0 Å². The van der Waals surface area contributed by atoms with Crippen LogP contribution in [0.3, 0.4) is 0 Å². The summed E-state index contributed by atoms with van der Waals surface area (Å²) in [6, 6.07) is 5.93. The van der Waals surface area contributed by atoms with E-state index in [0.29, 0.717) is 6.61 Å². The van der Waals surface area contributed by atoms with Crippen LogP contribution in [0.15, 0.2) is 36.9 Å². The normalized spacial score (nSPS) is 10.7. The number of ether oxygens (including phenoxy) is 1. The number of pyridine rings is 1. The van der Waals surface area contributed by atoms with Crippen LogP contribution < -0.4 is 5.32 Å². The van der Waals surface area contributed by atoms with Gasteiger partial charge in [0.25, 0.3) is 0 Å². The highest BCUT2D eigenvalue weighted by molar-refractivity contribution is 5.07. The van der Waals surface area contributed by atoms with Gasteiger partial charge in [-0.25, -0.2) is 4.98 Å². The molecular weight excluding hydrogens is 228 g/mol. The van der Waals surface area contributed by atoms with E-state index >= 15 is 0 Å². The van der Waals surface area contributed by atoms with E-state index in [4.69, 9.17) is 4.74 Å². The van der Waals surface area contributed by atoms with Crippen molar-refractivity contribution in [3.63, 3.8) is 0 Å². The summed E-state index contributed by atoms with van der Waals surface area (Å²) in [6.07, 6.45) is 5.52. The van der Waals surface area contributed by atoms with E-state index < -0.39 is 0 Å². The Morgan fingerprint density at radius 2 is 2.33 bits per heavy atom. The van der Waals surface area contributed by atoms with Crippen molar-refractivity contribution in [1.82, 2.24) is 19.9 Å². The molecule has 2 rings (SSSR count). The van der Waals surface area contributed by atoms with E-state index in [9.17, 15) is 0 Å². The first kappa shape index (κ1) is 12.7. The zero-order valence-electron chi connectivity index (χ0n) is 10.5. The fraction of sp³-hybridized carbons (Fsp3) is 0.385. The largest absolute Gasteiger partial charge is 0.383 e. The lowest BCUT2D eigenvalue weighted by Gasteiger charge is -2.08. The van der Waals surface area contributed by atoms with Crippen LogP contribution in [0, 0.1) is 0 Å². The van der Waals surface area contributed by atoms with Gasteiger partial charge in [0, 0.05) is 32.6 Å². The summed E-state index contributed by atoms with van der Waals surface area (Å²) >= 11 is 0. The van der Waals surface area contributed by atoms with E-state index in [1.165, 1.54) is 0 Å². The van der Waals surface area contributed by atoms with E-state index in [1.807, 2.05) is 36.9 Å². The molecule has 0 spiro atoms. The quantitative estimate of drug-likeness (QED) is 0.742. The Bertz CT molecular complexity index is 455. The first-order chi connectivity index (χ1) is 8.90. The van der Waals surface area contributed by atoms with Gasteiger partial charge in [-0.3, -0.25) is 4.98 Å². The average molecular weight is 246 g/mol. The Morgan fingerprint density at radius 3 is 3.11 bits per heavy atom. The highest BCUT2D eigenvalue weighted by Gasteiger charge is 2.02. The van der Waals surface area contributed by atoms with Crippen molar-refractivity contribution in [3.8, 4) is 0 Å². The van der Waals surface area contributed by atoms with Gasteiger partial charge < -0.3 is 14.6 Å². The van der Waals surface area contributed by atoms with Crippen molar-refractivity contribution in [1.29, 1.82) is 0 Å². The molecule has 2 aromatic rings. The van der Waals surface area contributed by atoms with Crippen LogP contribution in [0.25, 0.3) is 0 Å². The Hall–Kier alpha value is -1.72. The summed E-state index contributed by atoms with van der Waals surface area (Å²) in [5.74, 6) is 0. The molecule has 2 aromatic heterocycles. The van der Waals surface area contributed by atoms with Crippen LogP contribution in [0.4, 0.5) is 0 Å². The van der Waals surface area contributed by atoms with E-state index in [1.54, 1.807) is 7.11 Å². The minimum atomic E-state index is 0.717. The molecule has 1 N–H and O–H groups in total. The van der Waals surface area contributed by atoms with Crippen LogP contribution >= 0.6 is 0 Å². The van der Waals surface area contributed by atoms with Gasteiger partial charge in [0.1, 0.15) is 0 Å². The molecule has 0 aliphatic rings. The molecule has 0 fully saturated rings. The van der Waals surface area contributed by atoms with E-state index in [-0.39, 0.29) is 0 Å². The van der Waals surface area contributed by atoms with E-state index in [2.05, 4.69) is 19.9 Å². The predicted octanol–water partition coefficient (Wildman–Crippen LogP) is 1.06. The molecule has 18 heavy (non-hydrogen) atoms. The molecule has 0 atom stereocenters. The van der Waals surface area contributed by atoms with Crippen molar-refractivity contribution in [2.45, 2.75) is 13.1 Å². The molecule has 0 saturated carbocycles. The van der Waals surface area contributed by atoms with Crippen LogP contribution in [0.2, 0.25) is 0 Å². The Balaban J connectivity index is 1.91. The number of rotatable bonds is 7. The molecule has 0 radical (unpaired) electrons. The highest BCUT2D eigenvalue weighted by Crippen LogP contribution is 2.03. The van der Waals surface area contributed by atoms with Crippen molar-refractivity contribution in [3.05, 3.63) is 48.3 Å². The maximum absolute atomic E-state index is 4.99. The van der Waals surface area contributed by atoms with Crippen molar-refractivity contribution in [2.24, 2.45) is 0 Å². The SMILES string of the molecule is COCCNCc1cncn1Cc1ccccn1. The van der Waals surface area contributed by atoms with Crippen LogP contribution in [-0.2, 0) is 17.8 Å². The highest BCUT2D eigenvalue weighted by atomic mass is 16.5. The number of hydrogen-bond acceptors (Lipinski definition) is 4. The Labute approximate surface area is 107 Å². The van der Waals surface area contributed by atoms with Gasteiger partial charge in [-0.15, -0.1) is 0 Å². The third-order valence-electron chi connectivity index (χ3n) is 2.65. The molecule has 0 amide bonds. The number of nitrogens with one attached hydrogen (secondary N) is 1. The van der Waals surface area contributed by atoms with Gasteiger partial charge in [-0.1, -0.05) is 6.07 Å². The lowest BCUT2D eigenvalue weighted by molar-refractivity contribution is 0.199. The third kappa shape index (κ3) is 3.65. The van der Waals surface area contributed by atoms with Gasteiger partial charge in [-0.05, 0) is 12.1 Å². The predicted molar refractivity (Wildman–Crippen MR) is 69.1 cm³/mol. The van der Waals surface area contributed by atoms with Crippen LogP contribution in [0.1, 0.15) is 11.4 Å². The minimum Gasteiger partial charge on any atom is -0.383 e. The first-order valence-electron chi connectivity index (χ1n) is 5.98. The maximum atomic E-state index is 4.99. The Morgan fingerprint density at radius 1 is 1.39 bits per heavy atom. The van der Waals surface area contributed by atoms with Crippen molar-refractivity contribution >= 4 is 0 Å². The molecular formula is C13H18N4O. The molecule has 0 unspecified atom stereocenters. The zero-order valence-corrected chi connectivity index (χ0v) is 10.5. The first-order valence-corrected chi connectivity index (χ1v) is 5.98. The number of imidazole rings is 1. The summed E-state index contributed by atoms with van der Waals surface area (Å²) in [5, 5.41) is 3.31. The molecule has 0 aromatic carbocycles. The summed E-state index contributed by atoms with van der Waals surface area (Å²) in [6.45, 7) is 3.10. The number of hydrogen-bond donors (Lipinski definition) is 1. The second-order valence-electron chi connectivity index (χ2n) is 4.00. The topological polar surface area (TPSA) is 52.0 Å². The second kappa shape index (κ2) is 6.88. The molecule has 0 aliphatic heterocycles. The average Bonchev–Trinajstić information content (AvgIpc) is 2.83. The van der Waals surface area contributed by atoms with Gasteiger partial charge in [-0.2, -0.15) is 0 Å². The molecule has 96 valence electrons. The summed E-state index contributed by atoms with van der Waals surface area (Å²) in [5.41, 5.74) is 2.19. The smallest absolute Gasteiger partial charge is 0.0952 e. The fourth-order valence-corrected chi connectivity index (χ4v) is 1.69. The second-order valence-corrected chi connectivity index (χ2v) is 4.00. The molecule has 0 bridgehead atoms. The third-order valence-corrected chi connectivity index (χ3v) is 2.65. The lowest BCUT2D eigenvalue weighted by atomic mass is 10.3. The number of aromatic nitrogens is 3. The molecule has 0 aliphatic carbocycles. The van der Waals surface area contributed by atoms with Crippen LogP contribution in [-0.4, -0.2) is 34.8 Å². The minimum absolute atomic E-state index is 0.717. The zero-order chi connectivity index (χ0) is 12.6. The maximum Gasteiger partial charge on any atom is 0.0952 e. The van der Waals surface area contributed by atoms with Gasteiger partial charge in [0.15, 0.2) is 0 Å². The Kier molecular flexibility index (Phi) is 4.87. The number of methoxy groups -OCH3 is 1. The van der Waals surface area contributed by atoms with Crippen molar-refractivity contribution < 1.29 is 4.74 Å². The van der Waals surface area contributed by atoms with Gasteiger partial charge in [0.2, 0.25) is 0 Å².